The second kappa shape index (κ2) is 8.19. The Morgan fingerprint density at radius 2 is 2.06 bits per heavy atom. The molecule has 2 aromatic carbocycles. The number of nitrogens with one attached hydrogen (secondary N) is 1. The number of ether oxygens (including phenoxy) is 2. The predicted molar refractivity (Wildman–Crippen MR) is 125 cm³/mol. The van der Waals surface area contributed by atoms with Crippen molar-refractivity contribution >= 4 is 22.2 Å². The van der Waals surface area contributed by atoms with E-state index in [0.29, 0.717) is 12.3 Å². The molecule has 0 atom stereocenters. The van der Waals surface area contributed by atoms with Gasteiger partial charge in [-0.3, -0.25) is 9.20 Å². The molecule has 2 aromatic heterocycles. The summed E-state index contributed by atoms with van der Waals surface area (Å²) >= 11 is 1.52. The van der Waals surface area contributed by atoms with E-state index in [-0.39, 0.29) is 23.9 Å². The number of benzene rings is 2. The highest BCUT2D eigenvalue weighted by molar-refractivity contribution is 7.17. The molecule has 33 heavy (non-hydrogen) atoms. The van der Waals surface area contributed by atoms with Crippen molar-refractivity contribution in [2.24, 2.45) is 0 Å². The molecule has 4 aromatic rings. The maximum Gasteiger partial charge on any atom is 0.258 e. The number of para-hydroxylation sites is 1. The molecule has 170 valence electrons. The number of aromatic nitrogens is 2. The molecule has 0 spiro atoms. The molecule has 0 saturated heterocycles. The Bertz CT molecular complexity index is 1340. The van der Waals surface area contributed by atoms with Gasteiger partial charge in [0.25, 0.3) is 5.91 Å². The van der Waals surface area contributed by atoms with Gasteiger partial charge < -0.3 is 14.8 Å². The number of thiazole rings is 1. The SMILES string of the molecule is Cc1c(CNC(=O)COc2cccc3c2OC(C)(C)C3)sc2nc(-c3ccc(F)cc3)cn12. The maximum absolute atomic E-state index is 13.2. The van der Waals surface area contributed by atoms with Gasteiger partial charge in [0.2, 0.25) is 0 Å². The van der Waals surface area contributed by atoms with Gasteiger partial charge in [-0.2, -0.15) is 0 Å². The van der Waals surface area contributed by atoms with Crippen LogP contribution in [0.4, 0.5) is 4.39 Å². The van der Waals surface area contributed by atoms with Gasteiger partial charge in [0, 0.05) is 34.3 Å². The highest BCUT2D eigenvalue weighted by Gasteiger charge is 2.32. The van der Waals surface area contributed by atoms with Crippen LogP contribution in [0, 0.1) is 12.7 Å². The molecule has 0 saturated carbocycles. The van der Waals surface area contributed by atoms with E-state index in [1.54, 1.807) is 12.1 Å². The Morgan fingerprint density at radius 1 is 1.27 bits per heavy atom. The van der Waals surface area contributed by atoms with E-state index in [1.165, 1.54) is 23.5 Å². The summed E-state index contributed by atoms with van der Waals surface area (Å²) in [4.78, 5) is 18.9. The summed E-state index contributed by atoms with van der Waals surface area (Å²) in [6.45, 7) is 6.36. The standard InChI is InChI=1S/C25H24FN3O3S/c1-15-21(33-24-28-19(13-29(15)24)16-7-9-18(26)10-8-16)12-27-22(30)14-31-20-6-4-5-17-11-25(2,3)32-23(17)20/h4-10,13H,11-12,14H2,1-3H3,(H,27,30). The van der Waals surface area contributed by atoms with Crippen LogP contribution >= 0.6 is 11.3 Å². The zero-order valence-corrected chi connectivity index (χ0v) is 19.5. The predicted octanol–water partition coefficient (Wildman–Crippen LogP) is 4.92. The van der Waals surface area contributed by atoms with Gasteiger partial charge in [-0.05, 0) is 51.1 Å². The van der Waals surface area contributed by atoms with Crippen molar-refractivity contribution in [2.75, 3.05) is 6.61 Å². The second-order valence-electron chi connectivity index (χ2n) is 8.74. The van der Waals surface area contributed by atoms with Crippen molar-refractivity contribution in [1.82, 2.24) is 14.7 Å². The average molecular weight is 466 g/mol. The minimum Gasteiger partial charge on any atom is -0.483 e. The molecule has 5 rings (SSSR count). The van der Waals surface area contributed by atoms with Gasteiger partial charge in [-0.15, -0.1) is 0 Å². The molecular formula is C25H24FN3O3S. The van der Waals surface area contributed by atoms with Crippen molar-refractivity contribution in [3.8, 4) is 22.8 Å². The fourth-order valence-corrected chi connectivity index (χ4v) is 5.03. The molecule has 6 nitrogen and oxygen atoms in total. The summed E-state index contributed by atoms with van der Waals surface area (Å²) < 4.78 is 26.9. The lowest BCUT2D eigenvalue weighted by Gasteiger charge is -2.18. The third-order valence-electron chi connectivity index (χ3n) is 5.65. The number of amides is 1. The number of fused-ring (bicyclic) bond motifs is 2. The molecule has 0 fully saturated rings. The van der Waals surface area contributed by atoms with Crippen LogP contribution in [0.2, 0.25) is 0 Å². The first-order valence-electron chi connectivity index (χ1n) is 10.7. The monoisotopic (exact) mass is 465 g/mol. The molecule has 0 aliphatic carbocycles. The molecule has 0 bridgehead atoms. The number of carbonyl (C=O) groups excluding carboxylic acids is 1. The van der Waals surface area contributed by atoms with Crippen LogP contribution in [0.1, 0.15) is 30.0 Å². The Labute approximate surface area is 195 Å². The van der Waals surface area contributed by atoms with Crippen molar-refractivity contribution in [3.63, 3.8) is 0 Å². The third-order valence-corrected chi connectivity index (χ3v) is 6.81. The zero-order chi connectivity index (χ0) is 23.2. The van der Waals surface area contributed by atoms with Gasteiger partial charge in [0.15, 0.2) is 23.1 Å². The van der Waals surface area contributed by atoms with Crippen LogP contribution in [0.3, 0.4) is 0 Å². The maximum atomic E-state index is 13.2. The number of halogens is 1. The first-order valence-corrected chi connectivity index (χ1v) is 11.5. The van der Waals surface area contributed by atoms with Crippen molar-refractivity contribution in [1.29, 1.82) is 0 Å². The lowest BCUT2D eigenvalue weighted by Crippen LogP contribution is -2.28. The van der Waals surface area contributed by atoms with Crippen LogP contribution in [0.15, 0.2) is 48.7 Å². The van der Waals surface area contributed by atoms with Crippen molar-refractivity contribution in [3.05, 3.63) is 70.6 Å². The molecule has 0 unspecified atom stereocenters. The Morgan fingerprint density at radius 3 is 2.82 bits per heavy atom. The minimum atomic E-state index is -0.272. The first kappa shape index (κ1) is 21.5. The molecule has 1 aliphatic heterocycles. The quantitative estimate of drug-likeness (QED) is 0.439. The molecular weight excluding hydrogens is 441 g/mol. The van der Waals surface area contributed by atoms with Gasteiger partial charge in [0.05, 0.1) is 12.2 Å². The number of carbonyl (C=O) groups is 1. The van der Waals surface area contributed by atoms with E-state index in [2.05, 4.69) is 10.3 Å². The molecule has 3 heterocycles. The van der Waals surface area contributed by atoms with E-state index in [1.807, 2.05) is 49.6 Å². The summed E-state index contributed by atoms with van der Waals surface area (Å²) in [6, 6.07) is 12.0. The van der Waals surface area contributed by atoms with E-state index in [9.17, 15) is 9.18 Å². The number of hydrogen-bond acceptors (Lipinski definition) is 5. The lowest BCUT2D eigenvalue weighted by atomic mass is 10.0. The smallest absolute Gasteiger partial charge is 0.258 e. The van der Waals surface area contributed by atoms with Gasteiger partial charge >= 0.3 is 0 Å². The number of imidazole rings is 1. The fraction of sp³-hybridized carbons (Fsp3) is 0.280. The van der Waals surface area contributed by atoms with Crippen LogP contribution in [-0.4, -0.2) is 27.5 Å². The van der Waals surface area contributed by atoms with Crippen molar-refractivity contribution < 1.29 is 18.7 Å². The number of hydrogen-bond donors (Lipinski definition) is 1. The molecule has 1 N–H and O–H groups in total. The summed E-state index contributed by atoms with van der Waals surface area (Å²) in [7, 11) is 0. The number of nitrogens with zero attached hydrogens (tertiary/aromatic N) is 2. The van der Waals surface area contributed by atoms with E-state index in [4.69, 9.17) is 9.47 Å². The fourth-order valence-electron chi connectivity index (χ4n) is 3.99. The third kappa shape index (κ3) is 4.30. The van der Waals surface area contributed by atoms with E-state index >= 15 is 0 Å². The topological polar surface area (TPSA) is 64.9 Å². The van der Waals surface area contributed by atoms with Crippen LogP contribution in [0.25, 0.3) is 16.2 Å². The second-order valence-corrected chi connectivity index (χ2v) is 9.81. The van der Waals surface area contributed by atoms with Crippen LogP contribution in [0.5, 0.6) is 11.5 Å². The highest BCUT2D eigenvalue weighted by Crippen LogP contribution is 2.41. The Balaban J connectivity index is 1.21. The molecule has 0 radical (unpaired) electrons. The van der Waals surface area contributed by atoms with E-state index in [0.717, 1.165) is 44.5 Å². The Kier molecular flexibility index (Phi) is 5.32. The summed E-state index contributed by atoms with van der Waals surface area (Å²) in [6.07, 6.45) is 2.74. The van der Waals surface area contributed by atoms with Crippen LogP contribution < -0.4 is 14.8 Å². The summed E-state index contributed by atoms with van der Waals surface area (Å²) in [5.41, 5.74) is 3.48. The molecule has 8 heteroatoms. The summed E-state index contributed by atoms with van der Waals surface area (Å²) in [5.74, 6) is 0.836. The number of aryl methyl sites for hydroxylation is 1. The normalized spacial score (nSPS) is 14.2. The highest BCUT2D eigenvalue weighted by atomic mass is 32.1. The summed E-state index contributed by atoms with van der Waals surface area (Å²) in [5, 5.41) is 2.92. The van der Waals surface area contributed by atoms with Crippen LogP contribution in [-0.2, 0) is 17.8 Å². The molecule has 1 aliphatic rings. The zero-order valence-electron chi connectivity index (χ0n) is 18.6. The molecule has 1 amide bonds. The first-order chi connectivity index (χ1) is 15.8. The number of rotatable bonds is 6. The van der Waals surface area contributed by atoms with Gasteiger partial charge in [0.1, 0.15) is 11.4 Å². The minimum absolute atomic E-state index is 0.0868. The largest absolute Gasteiger partial charge is 0.483 e. The Hall–Kier alpha value is -3.39. The average Bonchev–Trinajstić information content (AvgIpc) is 3.42. The van der Waals surface area contributed by atoms with Gasteiger partial charge in [-0.1, -0.05) is 23.5 Å². The van der Waals surface area contributed by atoms with E-state index < -0.39 is 0 Å². The lowest BCUT2D eigenvalue weighted by molar-refractivity contribution is -0.123. The van der Waals surface area contributed by atoms with Gasteiger partial charge in [-0.25, -0.2) is 9.37 Å². The van der Waals surface area contributed by atoms with Crippen molar-refractivity contribution in [2.45, 2.75) is 39.3 Å².